The first-order chi connectivity index (χ1) is 14.5. The largest absolute Gasteiger partial charge is 0.507 e. The monoisotopic (exact) mass is 447 g/mol. The van der Waals surface area contributed by atoms with Crippen LogP contribution in [0.2, 0.25) is 0 Å². The predicted octanol–water partition coefficient (Wildman–Crippen LogP) is 5.50. The molecule has 0 radical (unpaired) electrons. The summed E-state index contributed by atoms with van der Waals surface area (Å²) in [5.41, 5.74) is 0.867. The smallest absolute Gasteiger partial charge is 0.490 e. The third-order valence-electron chi connectivity index (χ3n) is 4.32. The number of aryl methyl sites for hydroxylation is 1. The fourth-order valence-corrected chi connectivity index (χ4v) is 2.62. The molecule has 0 spiro atoms. The van der Waals surface area contributed by atoms with Crippen LogP contribution < -0.4 is 19.5 Å². The molecule has 0 fully saturated rings. The lowest BCUT2D eigenvalue weighted by Crippen LogP contribution is -2.52. The topological polar surface area (TPSA) is 66.0 Å². The number of carbonyl (C=O) groups excluding carboxylic acids is 1. The van der Waals surface area contributed by atoms with E-state index >= 15 is 0 Å². The Kier molecular flexibility index (Phi) is 6.14. The van der Waals surface area contributed by atoms with Crippen LogP contribution in [0.15, 0.2) is 36.4 Å². The lowest BCUT2D eigenvalue weighted by molar-refractivity contribution is -0.391. The molecule has 0 saturated carbocycles. The standard InChI is InChI=1S/C20H18F5NO5/c1-3-13(29-18(27)26-15-6-4-12(21)8-11(15)2)10-28-14-5-7-16-17(9-14)31-20(24,25)19(22,23)30-16/h4-9,13H,3,10H2,1-2H3,(H,26,27). The molecule has 1 heterocycles. The average Bonchev–Trinajstić information content (AvgIpc) is 2.67. The van der Waals surface area contributed by atoms with Gasteiger partial charge >= 0.3 is 18.3 Å². The lowest BCUT2D eigenvalue weighted by atomic mass is 10.2. The molecular formula is C20H18F5NO5. The highest BCUT2D eigenvalue weighted by Crippen LogP contribution is 2.47. The van der Waals surface area contributed by atoms with Crippen molar-refractivity contribution in [3.63, 3.8) is 0 Å². The second-order valence-corrected chi connectivity index (χ2v) is 6.68. The Morgan fingerprint density at radius 1 is 1.06 bits per heavy atom. The number of benzene rings is 2. The molecule has 11 heteroatoms. The van der Waals surface area contributed by atoms with Crippen LogP contribution in [-0.4, -0.2) is 31.0 Å². The van der Waals surface area contributed by atoms with E-state index < -0.39 is 41.7 Å². The molecule has 31 heavy (non-hydrogen) atoms. The Bertz CT molecular complexity index is 969. The maximum Gasteiger partial charge on any atom is 0.507 e. The van der Waals surface area contributed by atoms with E-state index in [1.165, 1.54) is 24.3 Å². The maximum atomic E-state index is 13.3. The average molecular weight is 447 g/mol. The fraction of sp³-hybridized carbons (Fsp3) is 0.350. The summed E-state index contributed by atoms with van der Waals surface area (Å²) in [5.74, 6) is -1.62. The summed E-state index contributed by atoms with van der Waals surface area (Å²) in [4.78, 5) is 12.1. The highest BCUT2D eigenvalue weighted by Gasteiger charge is 2.65. The van der Waals surface area contributed by atoms with Crippen LogP contribution in [0.4, 0.5) is 32.4 Å². The normalized spacial score (nSPS) is 16.9. The SMILES string of the molecule is CCC(COc1ccc2c(c1)OC(F)(F)C(F)(F)O2)OC(=O)Nc1ccc(F)cc1C. The minimum atomic E-state index is -4.84. The van der Waals surface area contributed by atoms with Crippen LogP contribution in [0.3, 0.4) is 0 Å². The van der Waals surface area contributed by atoms with Gasteiger partial charge in [0.2, 0.25) is 0 Å². The first-order valence-electron chi connectivity index (χ1n) is 9.15. The minimum absolute atomic E-state index is 0.0141. The molecule has 0 bridgehead atoms. The van der Waals surface area contributed by atoms with Crippen LogP contribution in [0.1, 0.15) is 18.9 Å². The molecule has 1 aliphatic heterocycles. The van der Waals surface area contributed by atoms with Crippen molar-refractivity contribution < 1.29 is 45.7 Å². The first kappa shape index (κ1) is 22.4. The molecular weight excluding hydrogens is 429 g/mol. The van der Waals surface area contributed by atoms with Crippen molar-refractivity contribution >= 4 is 11.8 Å². The Morgan fingerprint density at radius 2 is 1.74 bits per heavy atom. The quantitative estimate of drug-likeness (QED) is 0.593. The van der Waals surface area contributed by atoms with Gasteiger partial charge in [-0.2, -0.15) is 17.6 Å². The number of hydrogen-bond acceptors (Lipinski definition) is 5. The van der Waals surface area contributed by atoms with Gasteiger partial charge in [-0.1, -0.05) is 6.92 Å². The number of amides is 1. The number of carbonyl (C=O) groups is 1. The molecule has 0 aromatic heterocycles. The molecule has 2 aromatic rings. The summed E-state index contributed by atoms with van der Waals surface area (Å²) in [6.45, 7) is 3.18. The molecule has 1 atom stereocenters. The van der Waals surface area contributed by atoms with Gasteiger partial charge in [0.15, 0.2) is 11.5 Å². The zero-order valence-corrected chi connectivity index (χ0v) is 16.4. The van der Waals surface area contributed by atoms with Gasteiger partial charge in [0.05, 0.1) is 0 Å². The fourth-order valence-electron chi connectivity index (χ4n) is 2.62. The summed E-state index contributed by atoms with van der Waals surface area (Å²) < 4.78 is 84.8. The summed E-state index contributed by atoms with van der Waals surface area (Å²) in [7, 11) is 0. The van der Waals surface area contributed by atoms with Crippen molar-refractivity contribution in [3.8, 4) is 17.2 Å². The molecule has 1 amide bonds. The molecule has 0 aliphatic carbocycles. The Balaban J connectivity index is 1.59. The number of alkyl halides is 4. The van der Waals surface area contributed by atoms with Crippen LogP contribution in [0.5, 0.6) is 17.2 Å². The first-order valence-corrected chi connectivity index (χ1v) is 9.15. The zero-order valence-electron chi connectivity index (χ0n) is 16.4. The molecule has 2 aromatic carbocycles. The van der Waals surface area contributed by atoms with Gasteiger partial charge in [0.1, 0.15) is 24.3 Å². The number of anilines is 1. The van der Waals surface area contributed by atoms with E-state index in [1.54, 1.807) is 13.8 Å². The van der Waals surface area contributed by atoms with Crippen molar-refractivity contribution in [1.82, 2.24) is 0 Å². The second kappa shape index (κ2) is 8.48. The molecule has 0 saturated heterocycles. The zero-order chi connectivity index (χ0) is 22.8. The number of fused-ring (bicyclic) bond motifs is 1. The van der Waals surface area contributed by atoms with Crippen LogP contribution in [0, 0.1) is 12.7 Å². The van der Waals surface area contributed by atoms with Gasteiger partial charge in [-0.25, -0.2) is 9.18 Å². The Labute approximate surface area is 173 Å². The molecule has 6 nitrogen and oxygen atoms in total. The summed E-state index contributed by atoms with van der Waals surface area (Å²) in [5, 5.41) is 2.48. The number of hydrogen-bond donors (Lipinski definition) is 1. The highest BCUT2D eigenvalue weighted by atomic mass is 19.3. The van der Waals surface area contributed by atoms with E-state index in [0.29, 0.717) is 17.7 Å². The predicted molar refractivity (Wildman–Crippen MR) is 98.4 cm³/mol. The maximum absolute atomic E-state index is 13.3. The second-order valence-electron chi connectivity index (χ2n) is 6.68. The van der Waals surface area contributed by atoms with Gasteiger partial charge in [0.25, 0.3) is 0 Å². The van der Waals surface area contributed by atoms with Crippen LogP contribution in [0.25, 0.3) is 0 Å². The van der Waals surface area contributed by atoms with Crippen LogP contribution >= 0.6 is 0 Å². The molecule has 3 rings (SSSR count). The lowest BCUT2D eigenvalue weighted by Gasteiger charge is -2.31. The molecule has 1 unspecified atom stereocenters. The minimum Gasteiger partial charge on any atom is -0.490 e. The number of ether oxygens (including phenoxy) is 4. The summed E-state index contributed by atoms with van der Waals surface area (Å²) in [6.07, 6.45) is -10.8. The van der Waals surface area contributed by atoms with E-state index in [2.05, 4.69) is 14.8 Å². The molecule has 168 valence electrons. The highest BCUT2D eigenvalue weighted by molar-refractivity contribution is 5.85. The van der Waals surface area contributed by atoms with E-state index in [4.69, 9.17) is 9.47 Å². The number of rotatable bonds is 6. The van der Waals surface area contributed by atoms with Crippen LogP contribution in [-0.2, 0) is 4.74 Å². The van der Waals surface area contributed by atoms with Crippen molar-refractivity contribution in [2.24, 2.45) is 0 Å². The number of nitrogens with one attached hydrogen (secondary N) is 1. The molecule has 1 N–H and O–H groups in total. The van der Waals surface area contributed by atoms with Gasteiger partial charge in [-0.3, -0.25) is 5.32 Å². The van der Waals surface area contributed by atoms with E-state index in [0.717, 1.165) is 12.1 Å². The third-order valence-corrected chi connectivity index (χ3v) is 4.32. The van der Waals surface area contributed by atoms with Crippen molar-refractivity contribution in [3.05, 3.63) is 47.8 Å². The van der Waals surface area contributed by atoms with Gasteiger partial charge in [0, 0.05) is 11.8 Å². The van der Waals surface area contributed by atoms with Crippen molar-refractivity contribution in [2.45, 2.75) is 38.6 Å². The summed E-state index contributed by atoms with van der Waals surface area (Å²) in [6, 6.07) is 7.00. The van der Waals surface area contributed by atoms with Gasteiger partial charge < -0.3 is 18.9 Å². The Hall–Kier alpha value is -3.24. The molecule has 1 aliphatic rings. The third kappa shape index (κ3) is 5.09. The van der Waals surface area contributed by atoms with Gasteiger partial charge in [-0.15, -0.1) is 0 Å². The summed E-state index contributed by atoms with van der Waals surface area (Å²) >= 11 is 0. The van der Waals surface area contributed by atoms with E-state index in [1.807, 2.05) is 0 Å². The van der Waals surface area contributed by atoms with E-state index in [-0.39, 0.29) is 12.4 Å². The Morgan fingerprint density at radius 3 is 2.39 bits per heavy atom. The van der Waals surface area contributed by atoms with Gasteiger partial charge in [-0.05, 0) is 49.2 Å². The van der Waals surface area contributed by atoms with E-state index in [9.17, 15) is 26.7 Å². The number of halogens is 5. The van der Waals surface area contributed by atoms with Crippen molar-refractivity contribution in [2.75, 3.05) is 11.9 Å². The van der Waals surface area contributed by atoms with Crippen molar-refractivity contribution in [1.29, 1.82) is 0 Å².